The van der Waals surface area contributed by atoms with Crippen molar-refractivity contribution in [2.24, 2.45) is 0 Å². The molecule has 0 fully saturated rings. The standard InChI is InChI=1S/C14H28N4/c1-5-18(6-2)11-7-8-12(3)16-13(4)14-9-10-15-17-14/h9-10,12-13,16H,5-8,11H2,1-4H3,(H,15,17). The predicted octanol–water partition coefficient (Wildman–Crippen LogP) is 2.57. The smallest absolute Gasteiger partial charge is 0.0518 e. The number of nitrogens with one attached hydrogen (secondary N) is 2. The molecule has 104 valence electrons. The monoisotopic (exact) mass is 252 g/mol. The maximum absolute atomic E-state index is 3.99. The van der Waals surface area contributed by atoms with Crippen molar-refractivity contribution < 1.29 is 0 Å². The first kappa shape index (κ1) is 15.2. The van der Waals surface area contributed by atoms with Crippen molar-refractivity contribution in [3.63, 3.8) is 0 Å². The molecule has 0 aliphatic carbocycles. The van der Waals surface area contributed by atoms with E-state index >= 15 is 0 Å². The lowest BCUT2D eigenvalue weighted by molar-refractivity contribution is 0.288. The van der Waals surface area contributed by atoms with E-state index in [1.54, 1.807) is 6.20 Å². The summed E-state index contributed by atoms with van der Waals surface area (Å²) in [5, 5.41) is 10.6. The molecule has 2 atom stereocenters. The first-order valence-corrected chi connectivity index (χ1v) is 7.15. The van der Waals surface area contributed by atoms with Gasteiger partial charge in [0.1, 0.15) is 0 Å². The van der Waals surface area contributed by atoms with Crippen LogP contribution >= 0.6 is 0 Å². The fourth-order valence-electron chi connectivity index (χ4n) is 2.27. The zero-order valence-corrected chi connectivity index (χ0v) is 12.2. The number of nitrogens with zero attached hydrogens (tertiary/aromatic N) is 2. The normalized spacial score (nSPS) is 14.9. The van der Waals surface area contributed by atoms with Crippen molar-refractivity contribution in [3.8, 4) is 0 Å². The van der Waals surface area contributed by atoms with Crippen molar-refractivity contribution in [3.05, 3.63) is 18.0 Å². The number of aromatic amines is 1. The van der Waals surface area contributed by atoms with E-state index in [4.69, 9.17) is 0 Å². The fourth-order valence-corrected chi connectivity index (χ4v) is 2.27. The van der Waals surface area contributed by atoms with Gasteiger partial charge in [-0.15, -0.1) is 0 Å². The van der Waals surface area contributed by atoms with Gasteiger partial charge in [-0.3, -0.25) is 5.10 Å². The maximum atomic E-state index is 3.99. The van der Waals surface area contributed by atoms with E-state index in [9.17, 15) is 0 Å². The van der Waals surface area contributed by atoms with Gasteiger partial charge in [0.2, 0.25) is 0 Å². The highest BCUT2D eigenvalue weighted by molar-refractivity contribution is 5.03. The van der Waals surface area contributed by atoms with Crippen LogP contribution in [0, 0.1) is 0 Å². The average molecular weight is 252 g/mol. The Morgan fingerprint density at radius 2 is 2.06 bits per heavy atom. The summed E-state index contributed by atoms with van der Waals surface area (Å²) in [4.78, 5) is 2.48. The van der Waals surface area contributed by atoms with Gasteiger partial charge in [-0.2, -0.15) is 5.10 Å². The van der Waals surface area contributed by atoms with Crippen LogP contribution in [0.15, 0.2) is 12.3 Å². The zero-order valence-electron chi connectivity index (χ0n) is 12.2. The van der Waals surface area contributed by atoms with Crippen molar-refractivity contribution >= 4 is 0 Å². The molecule has 0 aliphatic heterocycles. The van der Waals surface area contributed by atoms with Gasteiger partial charge >= 0.3 is 0 Å². The number of H-pyrrole nitrogens is 1. The van der Waals surface area contributed by atoms with E-state index in [2.05, 4.69) is 48.1 Å². The van der Waals surface area contributed by atoms with Crippen LogP contribution in [-0.2, 0) is 0 Å². The molecular weight excluding hydrogens is 224 g/mol. The van der Waals surface area contributed by atoms with E-state index in [0.29, 0.717) is 12.1 Å². The molecule has 0 saturated carbocycles. The lowest BCUT2D eigenvalue weighted by Crippen LogP contribution is -2.31. The van der Waals surface area contributed by atoms with Crippen molar-refractivity contribution in [2.75, 3.05) is 19.6 Å². The van der Waals surface area contributed by atoms with Crippen LogP contribution in [0.3, 0.4) is 0 Å². The maximum Gasteiger partial charge on any atom is 0.0518 e. The quantitative estimate of drug-likeness (QED) is 0.710. The van der Waals surface area contributed by atoms with Crippen LogP contribution in [0.2, 0.25) is 0 Å². The fraction of sp³-hybridized carbons (Fsp3) is 0.786. The molecule has 4 nitrogen and oxygen atoms in total. The second-order valence-corrected chi connectivity index (χ2v) is 4.97. The molecule has 4 heteroatoms. The van der Waals surface area contributed by atoms with Crippen LogP contribution in [0.4, 0.5) is 0 Å². The van der Waals surface area contributed by atoms with E-state index in [1.807, 2.05) is 6.07 Å². The molecule has 0 spiro atoms. The third-order valence-electron chi connectivity index (χ3n) is 3.53. The molecule has 0 bridgehead atoms. The first-order valence-electron chi connectivity index (χ1n) is 7.15. The second-order valence-electron chi connectivity index (χ2n) is 4.97. The van der Waals surface area contributed by atoms with Gasteiger partial charge in [0.25, 0.3) is 0 Å². The molecule has 2 unspecified atom stereocenters. The molecule has 1 aromatic heterocycles. The average Bonchev–Trinajstić information content (AvgIpc) is 2.88. The lowest BCUT2D eigenvalue weighted by Gasteiger charge is -2.21. The van der Waals surface area contributed by atoms with Crippen LogP contribution in [0.1, 0.15) is 52.3 Å². The lowest BCUT2D eigenvalue weighted by atomic mass is 10.1. The van der Waals surface area contributed by atoms with E-state index in [0.717, 1.165) is 18.8 Å². The van der Waals surface area contributed by atoms with Gasteiger partial charge in [0.05, 0.1) is 5.69 Å². The molecule has 18 heavy (non-hydrogen) atoms. The van der Waals surface area contributed by atoms with Gasteiger partial charge in [-0.25, -0.2) is 0 Å². The summed E-state index contributed by atoms with van der Waals surface area (Å²) in [6, 6.07) is 2.91. The number of hydrogen-bond donors (Lipinski definition) is 2. The van der Waals surface area contributed by atoms with Crippen molar-refractivity contribution in [1.82, 2.24) is 20.4 Å². The summed E-state index contributed by atoms with van der Waals surface area (Å²) in [6.07, 6.45) is 4.28. The van der Waals surface area contributed by atoms with Gasteiger partial charge < -0.3 is 10.2 Å². The van der Waals surface area contributed by atoms with Crippen molar-refractivity contribution in [2.45, 2.75) is 52.6 Å². The SMILES string of the molecule is CCN(CC)CCCC(C)NC(C)c1ccn[nH]1. The van der Waals surface area contributed by atoms with E-state index < -0.39 is 0 Å². The minimum atomic E-state index is 0.343. The summed E-state index contributed by atoms with van der Waals surface area (Å²) in [6.45, 7) is 12.4. The third kappa shape index (κ3) is 5.19. The number of rotatable bonds is 9. The summed E-state index contributed by atoms with van der Waals surface area (Å²) in [5.41, 5.74) is 1.16. The Hall–Kier alpha value is -0.870. The zero-order chi connectivity index (χ0) is 13.4. The van der Waals surface area contributed by atoms with Gasteiger partial charge in [-0.05, 0) is 52.4 Å². The molecule has 1 aromatic rings. The van der Waals surface area contributed by atoms with Crippen LogP contribution in [0.5, 0.6) is 0 Å². The van der Waals surface area contributed by atoms with Crippen LogP contribution in [0.25, 0.3) is 0 Å². The minimum Gasteiger partial charge on any atom is -0.306 e. The van der Waals surface area contributed by atoms with E-state index in [1.165, 1.54) is 19.4 Å². The molecule has 0 aliphatic rings. The Morgan fingerprint density at radius 1 is 1.33 bits per heavy atom. The predicted molar refractivity (Wildman–Crippen MR) is 76.6 cm³/mol. The number of hydrogen-bond acceptors (Lipinski definition) is 3. The first-order chi connectivity index (χ1) is 8.67. The molecule has 1 rings (SSSR count). The van der Waals surface area contributed by atoms with Crippen LogP contribution in [-0.4, -0.2) is 40.8 Å². The highest BCUT2D eigenvalue weighted by atomic mass is 15.1. The van der Waals surface area contributed by atoms with Gasteiger partial charge in [0, 0.05) is 18.3 Å². The Morgan fingerprint density at radius 3 is 2.61 bits per heavy atom. The highest BCUT2D eigenvalue weighted by Gasteiger charge is 2.10. The molecule has 0 saturated heterocycles. The summed E-state index contributed by atoms with van der Waals surface area (Å²) in [7, 11) is 0. The van der Waals surface area contributed by atoms with Crippen molar-refractivity contribution in [1.29, 1.82) is 0 Å². The van der Waals surface area contributed by atoms with Crippen LogP contribution < -0.4 is 5.32 Å². The summed E-state index contributed by atoms with van der Waals surface area (Å²) < 4.78 is 0. The molecule has 0 radical (unpaired) electrons. The minimum absolute atomic E-state index is 0.343. The Balaban J connectivity index is 2.19. The Labute approximate surface area is 111 Å². The molecule has 0 aromatic carbocycles. The highest BCUT2D eigenvalue weighted by Crippen LogP contribution is 2.10. The summed E-state index contributed by atoms with van der Waals surface area (Å²) >= 11 is 0. The Bertz CT molecular complexity index is 293. The third-order valence-corrected chi connectivity index (χ3v) is 3.53. The largest absolute Gasteiger partial charge is 0.306 e. The molecule has 1 heterocycles. The van der Waals surface area contributed by atoms with E-state index in [-0.39, 0.29) is 0 Å². The van der Waals surface area contributed by atoms with Gasteiger partial charge in [-0.1, -0.05) is 13.8 Å². The summed E-state index contributed by atoms with van der Waals surface area (Å²) in [5.74, 6) is 0. The van der Waals surface area contributed by atoms with Gasteiger partial charge in [0.15, 0.2) is 0 Å². The number of aromatic nitrogens is 2. The second kappa shape index (κ2) is 8.27. The Kier molecular flexibility index (Phi) is 6.98. The molecule has 2 N–H and O–H groups in total. The topological polar surface area (TPSA) is 44.0 Å². The molecule has 0 amide bonds. The molecular formula is C14H28N4.